The number of nitrogens with zero attached hydrogens (tertiary/aromatic N) is 5. The summed E-state index contributed by atoms with van der Waals surface area (Å²) in [5, 5.41) is 3.05. The van der Waals surface area contributed by atoms with Gasteiger partial charge in [0.25, 0.3) is 15.6 Å². The quantitative estimate of drug-likeness (QED) is 0.559. The maximum Gasteiger partial charge on any atom is 0.332 e. The molecule has 2 aliphatic heterocycles. The zero-order valence-electron chi connectivity index (χ0n) is 18.6. The van der Waals surface area contributed by atoms with E-state index in [0.717, 1.165) is 4.57 Å². The first-order valence-electron chi connectivity index (χ1n) is 10.7. The van der Waals surface area contributed by atoms with Gasteiger partial charge in [0, 0.05) is 38.7 Å². The van der Waals surface area contributed by atoms with Gasteiger partial charge in [-0.15, -0.1) is 4.40 Å². The smallest absolute Gasteiger partial charge is 0.332 e. The van der Waals surface area contributed by atoms with Crippen molar-refractivity contribution in [1.82, 2.24) is 19.0 Å². The van der Waals surface area contributed by atoms with Crippen molar-refractivity contribution in [2.24, 2.45) is 24.4 Å². The van der Waals surface area contributed by atoms with Crippen molar-refractivity contribution >= 4 is 38.5 Å². The third-order valence-electron chi connectivity index (χ3n) is 6.34. The molecule has 1 aromatic carbocycles. The van der Waals surface area contributed by atoms with E-state index in [0.29, 0.717) is 43.0 Å². The average Bonchev–Trinajstić information content (AvgIpc) is 3.12. The van der Waals surface area contributed by atoms with Gasteiger partial charge < -0.3 is 10.2 Å². The standard InChI is InChI=1S/C22H22N6O5S/c1-26-18-16(21(30)27(2)22(26)31)11-14(12-23-18)24-20(29)13-7-9-28(10-8-13)19-15-5-3-4-6-17(15)34(32,33)25-19/h3-6,11-13H,7-10H2,1-2H3,(H,24,29). The first-order chi connectivity index (χ1) is 16.2. The van der Waals surface area contributed by atoms with E-state index < -0.39 is 21.3 Å². The summed E-state index contributed by atoms with van der Waals surface area (Å²) in [6.45, 7) is 0.971. The normalized spacial score (nSPS) is 17.5. The Kier molecular flexibility index (Phi) is 5.12. The van der Waals surface area contributed by atoms with E-state index in [9.17, 15) is 22.8 Å². The zero-order chi connectivity index (χ0) is 24.2. The third kappa shape index (κ3) is 3.50. The molecule has 0 radical (unpaired) electrons. The predicted molar refractivity (Wildman–Crippen MR) is 125 cm³/mol. The average molecular weight is 483 g/mol. The van der Waals surface area contributed by atoms with E-state index in [2.05, 4.69) is 14.7 Å². The molecule has 12 heteroatoms. The number of sulfonamides is 1. The molecule has 4 heterocycles. The molecular formula is C22H22N6O5S. The Labute approximate surface area is 194 Å². The van der Waals surface area contributed by atoms with Gasteiger partial charge in [-0.3, -0.25) is 18.7 Å². The Hall–Kier alpha value is -3.80. The van der Waals surface area contributed by atoms with Crippen LogP contribution in [-0.2, 0) is 28.9 Å². The molecule has 2 aromatic heterocycles. The second kappa shape index (κ2) is 7.90. The number of fused-ring (bicyclic) bond motifs is 2. The molecular weight excluding hydrogens is 460 g/mol. The number of aromatic nitrogens is 3. The summed E-state index contributed by atoms with van der Waals surface area (Å²) in [6.07, 6.45) is 2.46. The van der Waals surface area contributed by atoms with Crippen LogP contribution in [0.1, 0.15) is 18.4 Å². The van der Waals surface area contributed by atoms with Crippen molar-refractivity contribution in [2.45, 2.75) is 17.7 Å². The van der Waals surface area contributed by atoms with Crippen LogP contribution < -0.4 is 16.6 Å². The van der Waals surface area contributed by atoms with Crippen LogP contribution in [0.4, 0.5) is 5.69 Å². The van der Waals surface area contributed by atoms with Crippen LogP contribution in [0.5, 0.6) is 0 Å². The SMILES string of the molecule is Cn1c(=O)c2cc(NC(=O)C3CCN(C4=NS(=O)(=O)c5ccccc54)CC3)cnc2n(C)c1=O. The molecule has 2 aliphatic rings. The summed E-state index contributed by atoms with van der Waals surface area (Å²) >= 11 is 0. The lowest BCUT2D eigenvalue weighted by atomic mass is 9.95. The highest BCUT2D eigenvalue weighted by Crippen LogP contribution is 2.30. The van der Waals surface area contributed by atoms with Crippen molar-refractivity contribution in [2.75, 3.05) is 18.4 Å². The van der Waals surface area contributed by atoms with Crippen LogP contribution in [0.2, 0.25) is 0 Å². The number of anilines is 1. The van der Waals surface area contributed by atoms with E-state index in [1.54, 1.807) is 24.3 Å². The largest absolute Gasteiger partial charge is 0.355 e. The minimum Gasteiger partial charge on any atom is -0.355 e. The molecule has 11 nitrogen and oxygen atoms in total. The van der Waals surface area contributed by atoms with Gasteiger partial charge in [-0.05, 0) is 31.0 Å². The molecule has 1 saturated heterocycles. The first-order valence-corrected chi connectivity index (χ1v) is 12.2. The van der Waals surface area contributed by atoms with E-state index >= 15 is 0 Å². The molecule has 1 amide bonds. The maximum atomic E-state index is 12.9. The van der Waals surface area contributed by atoms with Gasteiger partial charge in [0.05, 0.1) is 17.3 Å². The monoisotopic (exact) mass is 482 g/mol. The topological polar surface area (TPSA) is 136 Å². The Morgan fingerprint density at radius 1 is 1.09 bits per heavy atom. The number of piperidine rings is 1. The van der Waals surface area contributed by atoms with Crippen molar-refractivity contribution in [3.05, 3.63) is 62.9 Å². The molecule has 0 aliphatic carbocycles. The van der Waals surface area contributed by atoms with Crippen molar-refractivity contribution in [3.63, 3.8) is 0 Å². The molecule has 34 heavy (non-hydrogen) atoms. The lowest BCUT2D eigenvalue weighted by Crippen LogP contribution is -2.41. The third-order valence-corrected chi connectivity index (χ3v) is 7.66. The number of nitrogens with one attached hydrogen (secondary N) is 1. The number of benzene rings is 1. The minimum atomic E-state index is -3.69. The summed E-state index contributed by atoms with van der Waals surface area (Å²) in [7, 11) is -0.774. The summed E-state index contributed by atoms with van der Waals surface area (Å²) in [4.78, 5) is 43.7. The zero-order valence-corrected chi connectivity index (χ0v) is 19.4. The molecule has 0 unspecified atom stereocenters. The lowest BCUT2D eigenvalue weighted by molar-refractivity contribution is -0.120. The number of likely N-dealkylation sites (tertiary alicyclic amines) is 1. The van der Waals surface area contributed by atoms with Gasteiger partial charge in [0.1, 0.15) is 10.5 Å². The number of carbonyl (C=O) groups excluding carboxylic acids is 1. The fourth-order valence-corrected chi connectivity index (χ4v) is 5.68. The summed E-state index contributed by atoms with van der Waals surface area (Å²) in [5.41, 5.74) is 0.241. The van der Waals surface area contributed by atoms with Crippen LogP contribution in [-0.4, -0.2) is 52.3 Å². The highest BCUT2D eigenvalue weighted by molar-refractivity contribution is 7.90. The Morgan fingerprint density at radius 2 is 1.79 bits per heavy atom. The Bertz CT molecular complexity index is 1600. The summed E-state index contributed by atoms with van der Waals surface area (Å²) in [6, 6.07) is 8.25. The van der Waals surface area contributed by atoms with Gasteiger partial charge in [0.15, 0.2) is 5.84 Å². The Balaban J connectivity index is 1.31. The van der Waals surface area contributed by atoms with E-state index in [1.165, 1.54) is 30.9 Å². The first kappa shape index (κ1) is 22.0. The summed E-state index contributed by atoms with van der Waals surface area (Å²) < 4.78 is 30.9. The number of rotatable bonds is 2. The van der Waals surface area contributed by atoms with E-state index in [-0.39, 0.29) is 27.8 Å². The fourth-order valence-electron chi connectivity index (χ4n) is 4.45. The second-order valence-electron chi connectivity index (χ2n) is 8.44. The minimum absolute atomic E-state index is 0.205. The van der Waals surface area contributed by atoms with Crippen LogP contribution in [0.25, 0.3) is 11.0 Å². The fraction of sp³-hybridized carbons (Fsp3) is 0.318. The highest BCUT2D eigenvalue weighted by atomic mass is 32.2. The number of carbonyl (C=O) groups is 1. The van der Waals surface area contributed by atoms with Crippen LogP contribution >= 0.6 is 0 Å². The van der Waals surface area contributed by atoms with Crippen LogP contribution in [0.15, 0.2) is 55.4 Å². The molecule has 0 saturated carbocycles. The van der Waals surface area contributed by atoms with Gasteiger partial charge in [0.2, 0.25) is 5.91 Å². The van der Waals surface area contributed by atoms with Crippen molar-refractivity contribution < 1.29 is 13.2 Å². The van der Waals surface area contributed by atoms with Gasteiger partial charge in [-0.25, -0.2) is 9.78 Å². The van der Waals surface area contributed by atoms with E-state index in [4.69, 9.17) is 0 Å². The Morgan fingerprint density at radius 3 is 2.53 bits per heavy atom. The molecule has 0 bridgehead atoms. The van der Waals surface area contributed by atoms with Crippen LogP contribution in [0, 0.1) is 5.92 Å². The van der Waals surface area contributed by atoms with Crippen molar-refractivity contribution in [1.29, 1.82) is 0 Å². The van der Waals surface area contributed by atoms with Crippen molar-refractivity contribution in [3.8, 4) is 0 Å². The molecule has 3 aromatic rings. The lowest BCUT2D eigenvalue weighted by Gasteiger charge is -2.32. The molecule has 0 spiro atoms. The molecule has 1 fully saturated rings. The predicted octanol–water partition coefficient (Wildman–Crippen LogP) is 0.432. The van der Waals surface area contributed by atoms with Gasteiger partial charge in [-0.1, -0.05) is 12.1 Å². The van der Waals surface area contributed by atoms with Gasteiger partial charge >= 0.3 is 5.69 Å². The van der Waals surface area contributed by atoms with E-state index in [1.807, 2.05) is 4.90 Å². The highest BCUT2D eigenvalue weighted by Gasteiger charge is 2.34. The number of pyridine rings is 1. The molecule has 1 N–H and O–H groups in total. The van der Waals surface area contributed by atoms with Gasteiger partial charge in [-0.2, -0.15) is 8.42 Å². The number of amides is 1. The number of hydrogen-bond donors (Lipinski definition) is 1. The maximum absolute atomic E-state index is 12.9. The summed E-state index contributed by atoms with van der Waals surface area (Å²) in [5.74, 6) is -0.0674. The number of amidine groups is 1. The molecule has 5 rings (SSSR count). The molecule has 0 atom stereocenters. The number of aryl methyl sites for hydroxylation is 1. The second-order valence-corrected chi connectivity index (χ2v) is 10.0. The van der Waals surface area contributed by atoms with Crippen LogP contribution in [0.3, 0.4) is 0 Å². The number of hydrogen-bond acceptors (Lipinski definition) is 7. The molecule has 176 valence electrons.